The predicted molar refractivity (Wildman–Crippen MR) is 97.1 cm³/mol. The molecule has 6 heteroatoms. The van der Waals surface area contributed by atoms with Gasteiger partial charge in [0.2, 0.25) is 5.91 Å². The molecular weight excluding hydrogens is 341 g/mol. The lowest BCUT2D eigenvalue weighted by atomic mass is 10.0. The largest absolute Gasteiger partial charge is 0.325 e. The van der Waals surface area contributed by atoms with Crippen molar-refractivity contribution in [3.05, 3.63) is 70.8 Å². The van der Waals surface area contributed by atoms with Crippen LogP contribution in [0, 0.1) is 12.7 Å². The number of anilines is 1. The van der Waals surface area contributed by atoms with E-state index in [1.807, 2.05) is 20.2 Å². The van der Waals surface area contributed by atoms with Gasteiger partial charge in [0.15, 0.2) is 0 Å². The molecule has 0 atom stereocenters. The highest BCUT2D eigenvalue weighted by molar-refractivity contribution is 6.30. The highest BCUT2D eigenvalue weighted by Gasteiger charge is 2.14. The zero-order valence-corrected chi connectivity index (χ0v) is 14.6. The number of carbonyl (C=O) groups excluding carboxylic acids is 1. The van der Waals surface area contributed by atoms with Gasteiger partial charge in [0.25, 0.3) is 0 Å². The topological polar surface area (TPSA) is 46.9 Å². The third-order valence-electron chi connectivity index (χ3n) is 3.89. The van der Waals surface area contributed by atoms with E-state index in [-0.39, 0.29) is 12.3 Å². The van der Waals surface area contributed by atoms with Gasteiger partial charge in [0.05, 0.1) is 12.1 Å². The second-order valence-electron chi connectivity index (χ2n) is 5.81. The number of hydrogen-bond donors (Lipinski definition) is 1. The number of nitrogens with one attached hydrogen (secondary N) is 1. The summed E-state index contributed by atoms with van der Waals surface area (Å²) in [4.78, 5) is 12.4. The molecule has 3 rings (SSSR count). The maximum atomic E-state index is 14.2. The first-order valence-corrected chi connectivity index (χ1v) is 8.15. The van der Waals surface area contributed by atoms with Crippen LogP contribution < -0.4 is 5.32 Å². The number of aryl methyl sites for hydroxylation is 2. The zero-order valence-electron chi connectivity index (χ0n) is 13.9. The van der Waals surface area contributed by atoms with E-state index in [2.05, 4.69) is 10.4 Å². The quantitative estimate of drug-likeness (QED) is 0.753. The Balaban J connectivity index is 1.86. The number of rotatable bonds is 4. The van der Waals surface area contributed by atoms with Gasteiger partial charge in [-0.1, -0.05) is 29.8 Å². The van der Waals surface area contributed by atoms with E-state index in [0.717, 1.165) is 11.3 Å². The highest BCUT2D eigenvalue weighted by Crippen LogP contribution is 2.31. The Morgan fingerprint density at radius 1 is 1.24 bits per heavy atom. The number of para-hydroxylation sites is 1. The van der Waals surface area contributed by atoms with Crippen molar-refractivity contribution in [2.45, 2.75) is 13.3 Å². The van der Waals surface area contributed by atoms with E-state index in [1.54, 1.807) is 41.1 Å². The molecule has 0 aliphatic heterocycles. The van der Waals surface area contributed by atoms with Crippen LogP contribution in [-0.4, -0.2) is 15.7 Å². The minimum absolute atomic E-state index is 0.182. The fraction of sp³-hybridized carbons (Fsp3) is 0.158. The summed E-state index contributed by atoms with van der Waals surface area (Å²) in [5.74, 6) is -0.616. The van der Waals surface area contributed by atoms with Crippen LogP contribution in [0.2, 0.25) is 5.02 Å². The zero-order chi connectivity index (χ0) is 18.0. The van der Waals surface area contributed by atoms with Crippen LogP contribution in [0.25, 0.3) is 11.1 Å². The van der Waals surface area contributed by atoms with Crippen molar-refractivity contribution < 1.29 is 9.18 Å². The van der Waals surface area contributed by atoms with Gasteiger partial charge < -0.3 is 5.32 Å². The Bertz CT molecular complexity index is 936. The number of benzene rings is 2. The van der Waals surface area contributed by atoms with Crippen molar-refractivity contribution in [2.75, 3.05) is 5.32 Å². The molecule has 4 nitrogen and oxygen atoms in total. The summed E-state index contributed by atoms with van der Waals surface area (Å²) >= 11 is 5.82. The van der Waals surface area contributed by atoms with Gasteiger partial charge >= 0.3 is 0 Å². The molecule has 1 N–H and O–H groups in total. The SMILES string of the molecule is Cc1nn(C)cc1CC(=O)Nc1ccccc1-c1ccc(Cl)cc1F. The van der Waals surface area contributed by atoms with Crippen LogP contribution in [0.3, 0.4) is 0 Å². The molecule has 0 radical (unpaired) electrons. The van der Waals surface area contributed by atoms with Gasteiger partial charge in [-0.2, -0.15) is 5.10 Å². The molecule has 2 aromatic carbocycles. The first-order chi connectivity index (χ1) is 11.9. The fourth-order valence-corrected chi connectivity index (χ4v) is 2.88. The van der Waals surface area contributed by atoms with Crippen molar-refractivity contribution in [3.63, 3.8) is 0 Å². The van der Waals surface area contributed by atoms with Crippen molar-refractivity contribution in [1.29, 1.82) is 0 Å². The van der Waals surface area contributed by atoms with Gasteiger partial charge in [-0.15, -0.1) is 0 Å². The Kier molecular flexibility index (Phi) is 4.86. The predicted octanol–water partition coefficient (Wildman–Crippen LogP) is 4.37. The fourth-order valence-electron chi connectivity index (χ4n) is 2.72. The van der Waals surface area contributed by atoms with Crippen molar-refractivity contribution >= 4 is 23.2 Å². The number of hydrogen-bond acceptors (Lipinski definition) is 2. The second-order valence-corrected chi connectivity index (χ2v) is 6.24. The van der Waals surface area contributed by atoms with E-state index in [0.29, 0.717) is 21.8 Å². The molecule has 0 unspecified atom stereocenters. The first-order valence-electron chi connectivity index (χ1n) is 7.77. The number of aromatic nitrogens is 2. The van der Waals surface area contributed by atoms with Gasteiger partial charge in [0.1, 0.15) is 5.82 Å². The molecule has 0 saturated carbocycles. The molecular formula is C19H17ClFN3O. The second kappa shape index (κ2) is 7.07. The Morgan fingerprint density at radius 3 is 2.68 bits per heavy atom. The Hall–Kier alpha value is -2.66. The molecule has 0 spiro atoms. The number of amides is 1. The molecule has 0 aliphatic carbocycles. The van der Waals surface area contributed by atoms with Crippen LogP contribution in [0.15, 0.2) is 48.7 Å². The van der Waals surface area contributed by atoms with Gasteiger partial charge in [0, 0.05) is 40.6 Å². The van der Waals surface area contributed by atoms with Gasteiger partial charge in [-0.25, -0.2) is 4.39 Å². The van der Waals surface area contributed by atoms with Crippen LogP contribution in [-0.2, 0) is 18.3 Å². The maximum Gasteiger partial charge on any atom is 0.228 e. The molecule has 1 amide bonds. The summed E-state index contributed by atoms with van der Waals surface area (Å²) in [5.41, 5.74) is 3.21. The molecule has 0 bridgehead atoms. The van der Waals surface area contributed by atoms with Crippen LogP contribution in [0.5, 0.6) is 0 Å². The lowest BCUT2D eigenvalue weighted by Crippen LogP contribution is -2.15. The number of halogens is 2. The average molecular weight is 358 g/mol. The summed E-state index contributed by atoms with van der Waals surface area (Å²) in [7, 11) is 1.81. The van der Waals surface area contributed by atoms with Gasteiger partial charge in [-0.3, -0.25) is 9.48 Å². The van der Waals surface area contributed by atoms with E-state index in [1.165, 1.54) is 6.07 Å². The minimum Gasteiger partial charge on any atom is -0.325 e. The molecule has 1 aromatic heterocycles. The molecule has 0 saturated heterocycles. The highest BCUT2D eigenvalue weighted by atomic mass is 35.5. The number of nitrogens with zero attached hydrogens (tertiary/aromatic N) is 2. The smallest absolute Gasteiger partial charge is 0.228 e. The first kappa shape index (κ1) is 17.2. The van der Waals surface area contributed by atoms with E-state index < -0.39 is 5.82 Å². The standard InChI is InChI=1S/C19H17ClFN3O/c1-12-13(11-24(2)23-12)9-19(25)22-18-6-4-3-5-16(18)15-8-7-14(20)10-17(15)21/h3-8,10-11H,9H2,1-2H3,(H,22,25). The maximum absolute atomic E-state index is 14.2. The monoisotopic (exact) mass is 357 g/mol. The van der Waals surface area contributed by atoms with Crippen molar-refractivity contribution in [1.82, 2.24) is 9.78 Å². The Labute approximate surface area is 150 Å². The molecule has 1 heterocycles. The molecule has 128 valence electrons. The minimum atomic E-state index is -0.433. The van der Waals surface area contributed by atoms with Crippen molar-refractivity contribution in [3.8, 4) is 11.1 Å². The third-order valence-corrected chi connectivity index (χ3v) is 4.12. The molecule has 25 heavy (non-hydrogen) atoms. The summed E-state index contributed by atoms with van der Waals surface area (Å²) in [6.45, 7) is 1.86. The lowest BCUT2D eigenvalue weighted by molar-refractivity contribution is -0.115. The molecule has 3 aromatic rings. The average Bonchev–Trinajstić information content (AvgIpc) is 2.86. The van der Waals surface area contributed by atoms with Crippen molar-refractivity contribution in [2.24, 2.45) is 7.05 Å². The van der Waals surface area contributed by atoms with Gasteiger partial charge in [-0.05, 0) is 31.2 Å². The normalized spacial score (nSPS) is 10.7. The summed E-state index contributed by atoms with van der Waals surface area (Å²) in [6, 6.07) is 11.6. The van der Waals surface area contributed by atoms with Crippen LogP contribution >= 0.6 is 11.6 Å². The molecule has 0 fully saturated rings. The Morgan fingerprint density at radius 2 is 2.00 bits per heavy atom. The lowest BCUT2D eigenvalue weighted by Gasteiger charge is -2.12. The van der Waals surface area contributed by atoms with E-state index >= 15 is 0 Å². The van der Waals surface area contributed by atoms with Crippen LogP contribution in [0.1, 0.15) is 11.3 Å². The number of carbonyl (C=O) groups is 1. The molecule has 0 aliphatic rings. The van der Waals surface area contributed by atoms with Crippen LogP contribution in [0.4, 0.5) is 10.1 Å². The summed E-state index contributed by atoms with van der Waals surface area (Å²) < 4.78 is 15.9. The third kappa shape index (κ3) is 3.88. The van der Waals surface area contributed by atoms with E-state index in [4.69, 9.17) is 11.6 Å². The summed E-state index contributed by atoms with van der Waals surface area (Å²) in [6.07, 6.45) is 2.02. The van der Waals surface area contributed by atoms with E-state index in [9.17, 15) is 9.18 Å². The summed E-state index contributed by atoms with van der Waals surface area (Å²) in [5, 5.41) is 7.42.